The van der Waals surface area contributed by atoms with Crippen LogP contribution in [0.5, 0.6) is 0 Å². The maximum atomic E-state index is 13.2. The van der Waals surface area contributed by atoms with Crippen LogP contribution in [0.15, 0.2) is 42.5 Å². The fourth-order valence-electron chi connectivity index (χ4n) is 3.52. The highest BCUT2D eigenvalue weighted by atomic mass is 35.5. The summed E-state index contributed by atoms with van der Waals surface area (Å²) < 4.78 is 41.1. The minimum atomic E-state index is -4.70. The highest BCUT2D eigenvalue weighted by Crippen LogP contribution is 2.39. The van der Waals surface area contributed by atoms with Crippen molar-refractivity contribution in [1.82, 2.24) is 9.55 Å². The summed E-state index contributed by atoms with van der Waals surface area (Å²) in [5, 5.41) is -0.497. The summed E-state index contributed by atoms with van der Waals surface area (Å²) in [6.07, 6.45) is -4.86. The summed E-state index contributed by atoms with van der Waals surface area (Å²) in [5.74, 6) is -0.643. The van der Waals surface area contributed by atoms with Gasteiger partial charge in [0, 0.05) is 0 Å². The van der Waals surface area contributed by atoms with Crippen molar-refractivity contribution in [1.29, 1.82) is 0 Å². The maximum absolute atomic E-state index is 13.2. The van der Waals surface area contributed by atoms with Crippen molar-refractivity contribution in [3.63, 3.8) is 0 Å². The van der Waals surface area contributed by atoms with Gasteiger partial charge in [-0.3, -0.25) is 9.59 Å². The fraction of sp³-hybridized carbons (Fsp3) is 0.211. The first kappa shape index (κ1) is 18.5. The highest BCUT2D eigenvalue weighted by Gasteiger charge is 2.43. The third-order valence-corrected chi connectivity index (χ3v) is 5.05. The van der Waals surface area contributed by atoms with E-state index in [2.05, 4.69) is 4.98 Å². The predicted molar refractivity (Wildman–Crippen MR) is 97.1 cm³/mol. The SMILES string of the molecule is Cc1nc2ccccc2n1C1CC(=O)N(c2ccc(Cl)c(C(F)(F)F)c2)C1=O. The van der Waals surface area contributed by atoms with Crippen LogP contribution in [-0.4, -0.2) is 21.4 Å². The molecule has 0 saturated carbocycles. The van der Waals surface area contributed by atoms with E-state index in [9.17, 15) is 22.8 Å². The van der Waals surface area contributed by atoms with E-state index < -0.39 is 34.6 Å². The van der Waals surface area contributed by atoms with Crippen LogP contribution in [0.4, 0.5) is 18.9 Å². The summed E-state index contributed by atoms with van der Waals surface area (Å²) in [6.45, 7) is 1.71. The van der Waals surface area contributed by atoms with Crippen LogP contribution >= 0.6 is 11.6 Å². The van der Waals surface area contributed by atoms with Crippen molar-refractivity contribution in [3.8, 4) is 0 Å². The van der Waals surface area contributed by atoms with Crippen molar-refractivity contribution in [3.05, 3.63) is 58.9 Å². The molecular formula is C19H13ClF3N3O2. The zero-order valence-electron chi connectivity index (χ0n) is 14.5. The number of nitrogens with zero attached hydrogens (tertiary/aromatic N) is 3. The molecular weight excluding hydrogens is 395 g/mol. The molecule has 3 aromatic rings. The Morgan fingerprint density at radius 2 is 1.86 bits per heavy atom. The molecule has 1 aromatic heterocycles. The van der Waals surface area contributed by atoms with Crippen LogP contribution in [0.25, 0.3) is 11.0 Å². The normalized spacial score (nSPS) is 17.8. The number of amides is 2. The van der Waals surface area contributed by atoms with Gasteiger partial charge in [0.2, 0.25) is 5.91 Å². The minimum Gasteiger partial charge on any atom is -0.315 e. The van der Waals surface area contributed by atoms with Gasteiger partial charge in [0.15, 0.2) is 0 Å². The molecule has 144 valence electrons. The number of anilines is 1. The molecule has 1 saturated heterocycles. The summed E-state index contributed by atoms with van der Waals surface area (Å²) in [6, 6.07) is 9.27. The van der Waals surface area contributed by atoms with E-state index in [1.54, 1.807) is 35.8 Å². The van der Waals surface area contributed by atoms with Crippen LogP contribution in [0.1, 0.15) is 23.9 Å². The zero-order valence-corrected chi connectivity index (χ0v) is 15.3. The monoisotopic (exact) mass is 407 g/mol. The van der Waals surface area contributed by atoms with E-state index in [0.29, 0.717) is 16.9 Å². The van der Waals surface area contributed by atoms with E-state index in [0.717, 1.165) is 17.0 Å². The first-order valence-corrected chi connectivity index (χ1v) is 8.73. The second kappa shape index (κ2) is 6.34. The average Bonchev–Trinajstić information content (AvgIpc) is 3.10. The molecule has 1 aliphatic heterocycles. The molecule has 1 unspecified atom stereocenters. The molecule has 0 radical (unpaired) electrons. The van der Waals surface area contributed by atoms with Gasteiger partial charge in [-0.25, -0.2) is 9.88 Å². The van der Waals surface area contributed by atoms with Crippen LogP contribution in [0, 0.1) is 6.92 Å². The summed E-state index contributed by atoms with van der Waals surface area (Å²) in [7, 11) is 0. The van der Waals surface area contributed by atoms with E-state index in [1.807, 2.05) is 0 Å². The molecule has 0 aliphatic carbocycles. The predicted octanol–water partition coefficient (Wildman–Crippen LogP) is 4.52. The topological polar surface area (TPSA) is 55.2 Å². The number of para-hydroxylation sites is 2. The smallest absolute Gasteiger partial charge is 0.315 e. The largest absolute Gasteiger partial charge is 0.417 e. The first-order valence-electron chi connectivity index (χ1n) is 8.35. The Kier molecular flexibility index (Phi) is 4.19. The molecule has 1 atom stereocenters. The van der Waals surface area contributed by atoms with Gasteiger partial charge in [-0.05, 0) is 37.3 Å². The maximum Gasteiger partial charge on any atom is 0.417 e. The van der Waals surface area contributed by atoms with Crippen molar-refractivity contribution in [2.24, 2.45) is 0 Å². The van der Waals surface area contributed by atoms with Gasteiger partial charge in [-0.15, -0.1) is 0 Å². The number of hydrogen-bond acceptors (Lipinski definition) is 3. The lowest BCUT2D eigenvalue weighted by atomic mass is 10.1. The Hall–Kier alpha value is -2.87. The molecule has 0 spiro atoms. The highest BCUT2D eigenvalue weighted by molar-refractivity contribution is 6.31. The van der Waals surface area contributed by atoms with Gasteiger partial charge in [0.25, 0.3) is 5.91 Å². The molecule has 9 heteroatoms. The number of imide groups is 1. The quantitative estimate of drug-likeness (QED) is 0.587. The molecule has 1 fully saturated rings. The first-order chi connectivity index (χ1) is 13.2. The van der Waals surface area contributed by atoms with Crippen molar-refractivity contribution < 1.29 is 22.8 Å². The fourth-order valence-corrected chi connectivity index (χ4v) is 3.74. The molecule has 2 aromatic carbocycles. The number of aryl methyl sites for hydroxylation is 1. The molecule has 5 nitrogen and oxygen atoms in total. The van der Waals surface area contributed by atoms with E-state index in [1.165, 1.54) is 6.07 Å². The lowest BCUT2D eigenvalue weighted by Crippen LogP contribution is -2.31. The van der Waals surface area contributed by atoms with Gasteiger partial charge in [0.1, 0.15) is 11.9 Å². The Balaban J connectivity index is 1.77. The van der Waals surface area contributed by atoms with Crippen molar-refractivity contribution in [2.75, 3.05) is 4.90 Å². The molecule has 28 heavy (non-hydrogen) atoms. The summed E-state index contributed by atoms with van der Waals surface area (Å²) >= 11 is 5.64. The number of halogens is 4. The Morgan fingerprint density at radius 1 is 1.14 bits per heavy atom. The van der Waals surface area contributed by atoms with E-state index in [4.69, 9.17) is 11.6 Å². The van der Waals surface area contributed by atoms with Gasteiger partial charge in [-0.1, -0.05) is 23.7 Å². The number of carbonyl (C=O) groups excluding carboxylic acids is 2. The molecule has 0 N–H and O–H groups in total. The van der Waals surface area contributed by atoms with Gasteiger partial charge in [0.05, 0.1) is 33.7 Å². The number of hydrogen-bond donors (Lipinski definition) is 0. The number of benzene rings is 2. The average molecular weight is 408 g/mol. The zero-order chi connectivity index (χ0) is 20.2. The number of imidazole rings is 1. The van der Waals surface area contributed by atoms with Crippen LogP contribution in [0.3, 0.4) is 0 Å². The van der Waals surface area contributed by atoms with Crippen LogP contribution in [-0.2, 0) is 15.8 Å². The van der Waals surface area contributed by atoms with Crippen LogP contribution in [0.2, 0.25) is 5.02 Å². The number of fused-ring (bicyclic) bond motifs is 1. The van der Waals surface area contributed by atoms with Gasteiger partial charge < -0.3 is 4.57 Å². The van der Waals surface area contributed by atoms with Gasteiger partial charge in [-0.2, -0.15) is 13.2 Å². The second-order valence-electron chi connectivity index (χ2n) is 6.47. The number of carbonyl (C=O) groups is 2. The molecule has 1 aliphatic rings. The summed E-state index contributed by atoms with van der Waals surface area (Å²) in [4.78, 5) is 30.7. The Bertz CT molecular complexity index is 1120. The molecule has 2 heterocycles. The summed E-state index contributed by atoms with van der Waals surface area (Å²) in [5.41, 5.74) is 0.0981. The van der Waals surface area contributed by atoms with Crippen molar-refractivity contribution >= 4 is 40.1 Å². The third-order valence-electron chi connectivity index (χ3n) is 4.72. The van der Waals surface area contributed by atoms with E-state index >= 15 is 0 Å². The van der Waals surface area contributed by atoms with Crippen molar-refractivity contribution in [2.45, 2.75) is 25.6 Å². The number of alkyl halides is 3. The lowest BCUT2D eigenvalue weighted by molar-refractivity contribution is -0.137. The van der Waals surface area contributed by atoms with E-state index in [-0.39, 0.29) is 12.1 Å². The number of aromatic nitrogens is 2. The third kappa shape index (κ3) is 2.84. The number of rotatable bonds is 2. The molecule has 4 rings (SSSR count). The van der Waals surface area contributed by atoms with Gasteiger partial charge >= 0.3 is 6.18 Å². The van der Waals surface area contributed by atoms with Crippen LogP contribution < -0.4 is 4.90 Å². The molecule has 0 bridgehead atoms. The second-order valence-corrected chi connectivity index (χ2v) is 6.87. The Morgan fingerprint density at radius 3 is 2.57 bits per heavy atom. The lowest BCUT2D eigenvalue weighted by Gasteiger charge is -2.18. The minimum absolute atomic E-state index is 0.156. The Labute approximate surface area is 162 Å². The molecule has 2 amide bonds. The standard InChI is InChI=1S/C19H13ClF3N3O2/c1-10-24-14-4-2-3-5-15(14)25(10)16-9-17(27)26(18(16)28)11-6-7-13(20)12(8-11)19(21,22)23/h2-8,16H,9H2,1H3.